The summed E-state index contributed by atoms with van der Waals surface area (Å²) in [6, 6.07) is 3.33. The van der Waals surface area contributed by atoms with Gasteiger partial charge in [0.15, 0.2) is 5.12 Å². The number of anilines is 1. The van der Waals surface area contributed by atoms with Crippen molar-refractivity contribution in [2.24, 2.45) is 16.2 Å². The van der Waals surface area contributed by atoms with Crippen molar-refractivity contribution < 1.29 is 9.59 Å². The molecular formula is C23H33Cl2NO2S. The number of amides is 1. The lowest BCUT2D eigenvalue weighted by Crippen LogP contribution is -2.41. The zero-order valence-electron chi connectivity index (χ0n) is 18.4. The number of benzene rings is 1. The second-order valence-corrected chi connectivity index (χ2v) is 12.3. The van der Waals surface area contributed by atoms with E-state index in [4.69, 9.17) is 23.2 Å². The molecule has 6 heteroatoms. The van der Waals surface area contributed by atoms with Crippen molar-refractivity contribution in [1.82, 2.24) is 0 Å². The van der Waals surface area contributed by atoms with Gasteiger partial charge in [0.25, 0.3) is 0 Å². The molecule has 0 radical (unpaired) electrons. The van der Waals surface area contributed by atoms with Crippen molar-refractivity contribution in [3.63, 3.8) is 0 Å². The Morgan fingerprint density at radius 1 is 1.00 bits per heavy atom. The molecule has 1 N–H and O–H groups in total. The highest BCUT2D eigenvalue weighted by atomic mass is 35.5. The van der Waals surface area contributed by atoms with Crippen molar-refractivity contribution in [3.05, 3.63) is 22.2 Å². The van der Waals surface area contributed by atoms with Crippen LogP contribution in [-0.2, 0) is 9.59 Å². The third kappa shape index (κ3) is 6.63. The van der Waals surface area contributed by atoms with Gasteiger partial charge in [-0.25, -0.2) is 0 Å². The molecule has 0 unspecified atom stereocenters. The summed E-state index contributed by atoms with van der Waals surface area (Å²) < 4.78 is 0. The van der Waals surface area contributed by atoms with Crippen molar-refractivity contribution in [2.75, 3.05) is 5.32 Å². The second-order valence-electron chi connectivity index (χ2n) is 10.4. The maximum absolute atomic E-state index is 13.5. The average Bonchev–Trinajstić information content (AvgIpc) is 2.57. The molecule has 0 spiro atoms. The fourth-order valence-electron chi connectivity index (χ4n) is 3.95. The molecule has 0 bridgehead atoms. The lowest BCUT2D eigenvalue weighted by molar-refractivity contribution is -0.129. The van der Waals surface area contributed by atoms with Gasteiger partial charge in [-0.3, -0.25) is 9.59 Å². The Bertz CT molecular complexity index is 772. The first-order valence-corrected chi connectivity index (χ1v) is 11.8. The van der Waals surface area contributed by atoms with Crippen LogP contribution in [0.25, 0.3) is 0 Å². The van der Waals surface area contributed by atoms with Crippen LogP contribution in [-0.4, -0.2) is 11.0 Å². The summed E-state index contributed by atoms with van der Waals surface area (Å²) in [6.45, 7) is 12.2. The molecule has 3 nitrogen and oxygen atoms in total. The van der Waals surface area contributed by atoms with Crippen LogP contribution in [0.3, 0.4) is 0 Å². The van der Waals surface area contributed by atoms with Crippen molar-refractivity contribution in [1.29, 1.82) is 0 Å². The molecule has 2 rings (SSSR count). The first-order chi connectivity index (χ1) is 13.2. The molecule has 1 aromatic carbocycles. The molecule has 1 aliphatic rings. The van der Waals surface area contributed by atoms with Crippen LogP contribution in [0.2, 0.25) is 10.0 Å². The maximum Gasteiger partial charge on any atom is 0.230 e. The minimum absolute atomic E-state index is 0.00783. The molecule has 162 valence electrons. The summed E-state index contributed by atoms with van der Waals surface area (Å²) in [5, 5.41) is 3.86. The van der Waals surface area contributed by atoms with Crippen molar-refractivity contribution in [3.8, 4) is 0 Å². The Kier molecular flexibility index (Phi) is 7.79. The zero-order valence-corrected chi connectivity index (χ0v) is 20.7. The lowest BCUT2D eigenvalue weighted by Gasteiger charge is -2.40. The Morgan fingerprint density at radius 2 is 1.55 bits per heavy atom. The third-order valence-corrected chi connectivity index (χ3v) is 7.32. The summed E-state index contributed by atoms with van der Waals surface area (Å²) in [7, 11) is 0. The summed E-state index contributed by atoms with van der Waals surface area (Å²) in [5.41, 5.74) is -0.287. The molecule has 1 aliphatic carbocycles. The minimum Gasteiger partial charge on any atom is -0.325 e. The first-order valence-electron chi connectivity index (χ1n) is 10.3. The van der Waals surface area contributed by atoms with Gasteiger partial charge in [0.2, 0.25) is 5.91 Å². The van der Waals surface area contributed by atoms with Gasteiger partial charge in [-0.05, 0) is 48.6 Å². The van der Waals surface area contributed by atoms with E-state index < -0.39 is 10.8 Å². The van der Waals surface area contributed by atoms with E-state index in [0.29, 0.717) is 20.6 Å². The molecular weight excluding hydrogens is 425 g/mol. The Hall–Kier alpha value is -0.710. The highest BCUT2D eigenvalue weighted by Crippen LogP contribution is 2.46. The molecule has 0 aliphatic heterocycles. The van der Waals surface area contributed by atoms with Gasteiger partial charge in [0.1, 0.15) is 0 Å². The van der Waals surface area contributed by atoms with E-state index in [-0.39, 0.29) is 16.4 Å². The normalized spacial score (nSPS) is 17.1. The lowest BCUT2D eigenvalue weighted by atomic mass is 9.65. The van der Waals surface area contributed by atoms with Gasteiger partial charge in [-0.1, -0.05) is 84.0 Å². The number of nitrogens with one attached hydrogen (secondary N) is 1. The number of carbonyl (C=O) groups is 2. The standard InChI is InChI=1S/C23H33Cl2NO2S/c1-21(2,3)14-23(10-8-7-9-11-23)19(27)26-17-12-15(24)16(25)13-18(17)29-20(28)22(4,5)6/h12-13H,7-11,14H2,1-6H3,(H,26,27). The fourth-order valence-corrected chi connectivity index (χ4v) is 5.24. The molecule has 0 heterocycles. The van der Waals surface area contributed by atoms with Gasteiger partial charge in [0.05, 0.1) is 21.1 Å². The monoisotopic (exact) mass is 457 g/mol. The molecule has 1 aromatic rings. The molecule has 1 fully saturated rings. The van der Waals surface area contributed by atoms with Gasteiger partial charge in [0, 0.05) is 10.3 Å². The highest BCUT2D eigenvalue weighted by molar-refractivity contribution is 8.13. The Morgan fingerprint density at radius 3 is 2.07 bits per heavy atom. The SMILES string of the molecule is CC(C)(C)CC1(C(=O)Nc2cc(Cl)c(Cl)cc2SC(=O)C(C)(C)C)CCCCC1. The van der Waals surface area contributed by atoms with Crippen LogP contribution in [0.1, 0.15) is 80.1 Å². The molecule has 1 amide bonds. The van der Waals surface area contributed by atoms with Gasteiger partial charge in [-0.15, -0.1) is 0 Å². The molecule has 29 heavy (non-hydrogen) atoms. The van der Waals surface area contributed by atoms with Gasteiger partial charge < -0.3 is 5.32 Å². The van der Waals surface area contributed by atoms with Gasteiger partial charge >= 0.3 is 0 Å². The molecule has 0 aromatic heterocycles. The van der Waals surface area contributed by atoms with Crippen LogP contribution in [0, 0.1) is 16.2 Å². The van der Waals surface area contributed by atoms with E-state index in [0.717, 1.165) is 43.9 Å². The van der Waals surface area contributed by atoms with E-state index in [1.54, 1.807) is 12.1 Å². The summed E-state index contributed by atoms with van der Waals surface area (Å²) >= 11 is 13.6. The average molecular weight is 458 g/mol. The van der Waals surface area contributed by atoms with Crippen LogP contribution >= 0.6 is 35.0 Å². The maximum atomic E-state index is 13.5. The van der Waals surface area contributed by atoms with E-state index >= 15 is 0 Å². The van der Waals surface area contributed by atoms with Crippen LogP contribution < -0.4 is 5.32 Å². The third-order valence-electron chi connectivity index (χ3n) is 5.25. The number of hydrogen-bond acceptors (Lipinski definition) is 3. The summed E-state index contributed by atoms with van der Waals surface area (Å²) in [4.78, 5) is 26.7. The summed E-state index contributed by atoms with van der Waals surface area (Å²) in [6.07, 6.45) is 5.91. The Labute approximate surface area is 189 Å². The minimum atomic E-state index is -0.505. The zero-order chi connectivity index (χ0) is 22.0. The number of halogens is 2. The predicted octanol–water partition coefficient (Wildman–Crippen LogP) is 7.98. The van der Waals surface area contributed by atoms with Gasteiger partial charge in [-0.2, -0.15) is 0 Å². The molecule has 0 atom stereocenters. The molecule has 1 saturated carbocycles. The highest BCUT2D eigenvalue weighted by Gasteiger charge is 2.42. The van der Waals surface area contributed by atoms with Crippen LogP contribution in [0.4, 0.5) is 5.69 Å². The van der Waals surface area contributed by atoms with E-state index in [1.807, 2.05) is 20.8 Å². The fraction of sp³-hybridized carbons (Fsp3) is 0.652. The number of carbonyl (C=O) groups excluding carboxylic acids is 2. The van der Waals surface area contributed by atoms with Crippen molar-refractivity contribution >= 4 is 51.7 Å². The number of thioether (sulfide) groups is 1. The number of rotatable bonds is 4. The van der Waals surface area contributed by atoms with E-state index in [2.05, 4.69) is 26.1 Å². The predicted molar refractivity (Wildman–Crippen MR) is 125 cm³/mol. The van der Waals surface area contributed by atoms with Crippen molar-refractivity contribution in [2.45, 2.75) is 85.0 Å². The number of hydrogen-bond donors (Lipinski definition) is 1. The van der Waals surface area contributed by atoms with E-state index in [1.165, 1.54) is 6.42 Å². The molecule has 0 saturated heterocycles. The van der Waals surface area contributed by atoms with Crippen LogP contribution in [0.15, 0.2) is 17.0 Å². The first kappa shape index (κ1) is 24.6. The van der Waals surface area contributed by atoms with E-state index in [9.17, 15) is 9.59 Å². The quantitative estimate of drug-likeness (QED) is 0.465. The topological polar surface area (TPSA) is 46.2 Å². The summed E-state index contributed by atoms with van der Waals surface area (Å²) in [5.74, 6) is 0.0237. The Balaban J connectivity index is 2.36. The smallest absolute Gasteiger partial charge is 0.230 e. The largest absolute Gasteiger partial charge is 0.325 e. The second kappa shape index (κ2) is 9.20. The van der Waals surface area contributed by atoms with Crippen LogP contribution in [0.5, 0.6) is 0 Å².